The third kappa shape index (κ3) is 2.76. The van der Waals surface area contributed by atoms with Crippen LogP contribution in [-0.4, -0.2) is 5.91 Å². The molecule has 0 atom stereocenters. The number of hydrogen-bond donors (Lipinski definition) is 1. The number of carbonyl (C=O) groups is 1. The van der Waals surface area contributed by atoms with Crippen LogP contribution in [0.25, 0.3) is 0 Å². The molecule has 124 valence electrons. The van der Waals surface area contributed by atoms with Crippen LogP contribution in [0.2, 0.25) is 0 Å². The maximum absolute atomic E-state index is 13.5. The van der Waals surface area contributed by atoms with Crippen LogP contribution in [0.15, 0.2) is 66.7 Å². The van der Waals surface area contributed by atoms with Gasteiger partial charge in [0.2, 0.25) is 5.91 Å². The lowest BCUT2D eigenvalue weighted by molar-refractivity contribution is -0.116. The van der Waals surface area contributed by atoms with Crippen molar-refractivity contribution in [2.75, 3.05) is 5.32 Å². The van der Waals surface area contributed by atoms with Gasteiger partial charge in [-0.05, 0) is 36.8 Å². The number of amides is 1. The van der Waals surface area contributed by atoms with Gasteiger partial charge in [0.05, 0.1) is 5.92 Å². The molecule has 1 N–H and O–H groups in total. The number of rotatable bonds is 2. The smallest absolute Gasteiger partial charge is 0.236 e. The van der Waals surface area contributed by atoms with Crippen molar-refractivity contribution in [1.82, 2.24) is 0 Å². The summed E-state index contributed by atoms with van der Waals surface area (Å²) in [6.07, 6.45) is 0. The second-order valence-electron chi connectivity index (χ2n) is 6.06. The van der Waals surface area contributed by atoms with Crippen molar-refractivity contribution in [3.8, 4) is 11.5 Å². The molecule has 0 saturated carbocycles. The predicted octanol–water partition coefficient (Wildman–Crippen LogP) is 5.01. The highest BCUT2D eigenvalue weighted by Gasteiger charge is 2.32. The molecule has 0 unspecified atom stereocenters. The van der Waals surface area contributed by atoms with E-state index in [0.717, 1.165) is 16.7 Å². The van der Waals surface area contributed by atoms with Gasteiger partial charge in [0.25, 0.3) is 0 Å². The van der Waals surface area contributed by atoms with Crippen LogP contribution < -0.4 is 10.1 Å². The molecule has 1 heterocycles. The van der Waals surface area contributed by atoms with Crippen molar-refractivity contribution in [3.05, 3.63) is 89.2 Å². The minimum absolute atomic E-state index is 0.211. The molecule has 3 nitrogen and oxygen atoms in total. The van der Waals surface area contributed by atoms with E-state index < -0.39 is 5.92 Å². The maximum Gasteiger partial charge on any atom is 0.236 e. The van der Waals surface area contributed by atoms with Gasteiger partial charge in [-0.15, -0.1) is 0 Å². The number of ether oxygens (including phenoxy) is 1. The quantitative estimate of drug-likeness (QED) is 0.716. The van der Waals surface area contributed by atoms with Crippen LogP contribution in [0.4, 0.5) is 10.1 Å². The number of carbonyl (C=O) groups excluding carboxylic acids is 1. The average molecular weight is 333 g/mol. The fraction of sp³-hybridized carbons (Fsp3) is 0.0952. The van der Waals surface area contributed by atoms with Gasteiger partial charge in [0.1, 0.15) is 17.3 Å². The molecule has 0 aromatic heterocycles. The SMILES string of the molecule is Cc1ccc(F)cc1NC(=O)C1c2ccccc2Oc2ccccc21. The van der Waals surface area contributed by atoms with E-state index in [1.165, 1.54) is 12.1 Å². The summed E-state index contributed by atoms with van der Waals surface area (Å²) in [5.41, 5.74) is 2.88. The van der Waals surface area contributed by atoms with E-state index >= 15 is 0 Å². The zero-order chi connectivity index (χ0) is 17.4. The molecule has 1 aliphatic rings. The van der Waals surface area contributed by atoms with Gasteiger partial charge in [-0.1, -0.05) is 42.5 Å². The van der Waals surface area contributed by atoms with Gasteiger partial charge in [-0.25, -0.2) is 4.39 Å². The first-order chi connectivity index (χ1) is 12.1. The van der Waals surface area contributed by atoms with E-state index in [4.69, 9.17) is 4.74 Å². The molecule has 4 heteroatoms. The molecule has 4 rings (SSSR count). The Kier molecular flexibility index (Phi) is 3.73. The van der Waals surface area contributed by atoms with Crippen LogP contribution in [0, 0.1) is 12.7 Å². The van der Waals surface area contributed by atoms with Crippen molar-refractivity contribution in [2.45, 2.75) is 12.8 Å². The van der Waals surface area contributed by atoms with E-state index in [-0.39, 0.29) is 11.7 Å². The molecule has 0 fully saturated rings. The monoisotopic (exact) mass is 333 g/mol. The predicted molar refractivity (Wildman–Crippen MR) is 94.6 cm³/mol. The second kappa shape index (κ2) is 6.06. The minimum Gasteiger partial charge on any atom is -0.457 e. The summed E-state index contributed by atoms with van der Waals surface area (Å²) in [5.74, 6) is 0.226. The molecule has 0 spiro atoms. The van der Waals surface area contributed by atoms with Crippen molar-refractivity contribution in [3.63, 3.8) is 0 Å². The number of halogens is 1. The Labute approximate surface area is 145 Å². The summed E-state index contributed by atoms with van der Waals surface area (Å²) in [6.45, 7) is 1.83. The van der Waals surface area contributed by atoms with Crippen molar-refractivity contribution in [1.29, 1.82) is 0 Å². The fourth-order valence-corrected chi connectivity index (χ4v) is 3.13. The Morgan fingerprint density at radius 1 is 0.960 bits per heavy atom. The number of nitrogens with one attached hydrogen (secondary N) is 1. The second-order valence-corrected chi connectivity index (χ2v) is 6.06. The molecule has 0 radical (unpaired) electrons. The highest BCUT2D eigenvalue weighted by Crippen LogP contribution is 2.44. The van der Waals surface area contributed by atoms with Crippen molar-refractivity contribution < 1.29 is 13.9 Å². The Morgan fingerprint density at radius 3 is 2.20 bits per heavy atom. The molecule has 1 amide bonds. The lowest BCUT2D eigenvalue weighted by Gasteiger charge is -2.27. The number of aryl methyl sites for hydroxylation is 1. The summed E-state index contributed by atoms with van der Waals surface area (Å²) >= 11 is 0. The van der Waals surface area contributed by atoms with E-state index in [0.29, 0.717) is 17.2 Å². The summed E-state index contributed by atoms with van der Waals surface area (Å²) in [7, 11) is 0. The number of para-hydroxylation sites is 2. The normalized spacial score (nSPS) is 12.7. The van der Waals surface area contributed by atoms with E-state index in [1.807, 2.05) is 55.5 Å². The summed E-state index contributed by atoms with van der Waals surface area (Å²) in [4.78, 5) is 13.1. The molecule has 0 bridgehead atoms. The van der Waals surface area contributed by atoms with Gasteiger partial charge in [0, 0.05) is 16.8 Å². The third-order valence-corrected chi connectivity index (χ3v) is 4.40. The maximum atomic E-state index is 13.5. The van der Waals surface area contributed by atoms with Crippen LogP contribution in [0.3, 0.4) is 0 Å². The molecule has 3 aromatic rings. The summed E-state index contributed by atoms with van der Waals surface area (Å²) < 4.78 is 19.5. The zero-order valence-electron chi connectivity index (χ0n) is 13.6. The van der Waals surface area contributed by atoms with E-state index in [2.05, 4.69) is 5.32 Å². The Bertz CT molecular complexity index is 922. The highest BCUT2D eigenvalue weighted by molar-refractivity contribution is 6.00. The highest BCUT2D eigenvalue weighted by atomic mass is 19.1. The Balaban J connectivity index is 1.76. The molecular weight excluding hydrogens is 317 g/mol. The molecular formula is C21H16FNO2. The first kappa shape index (κ1) is 15.4. The number of fused-ring (bicyclic) bond motifs is 2. The van der Waals surface area contributed by atoms with Gasteiger partial charge in [0.15, 0.2) is 0 Å². The largest absolute Gasteiger partial charge is 0.457 e. The van der Waals surface area contributed by atoms with Gasteiger partial charge >= 0.3 is 0 Å². The summed E-state index contributed by atoms with van der Waals surface area (Å²) in [6, 6.07) is 19.3. The minimum atomic E-state index is -0.510. The number of benzene rings is 3. The average Bonchev–Trinajstić information content (AvgIpc) is 2.62. The molecule has 1 aliphatic heterocycles. The number of hydrogen-bond acceptors (Lipinski definition) is 2. The first-order valence-corrected chi connectivity index (χ1v) is 8.06. The lowest BCUT2D eigenvalue weighted by Crippen LogP contribution is -2.25. The molecule has 0 saturated heterocycles. The molecule has 3 aromatic carbocycles. The Morgan fingerprint density at radius 2 is 1.56 bits per heavy atom. The van der Waals surface area contributed by atoms with Gasteiger partial charge in [-0.2, -0.15) is 0 Å². The molecule has 0 aliphatic carbocycles. The van der Waals surface area contributed by atoms with Gasteiger partial charge < -0.3 is 10.1 Å². The Hall–Kier alpha value is -3.14. The van der Waals surface area contributed by atoms with E-state index in [1.54, 1.807) is 6.07 Å². The van der Waals surface area contributed by atoms with Crippen molar-refractivity contribution >= 4 is 11.6 Å². The van der Waals surface area contributed by atoms with Crippen molar-refractivity contribution in [2.24, 2.45) is 0 Å². The molecule has 25 heavy (non-hydrogen) atoms. The lowest BCUT2D eigenvalue weighted by atomic mass is 9.87. The van der Waals surface area contributed by atoms with Crippen LogP contribution in [-0.2, 0) is 4.79 Å². The summed E-state index contributed by atoms with van der Waals surface area (Å²) in [5, 5.41) is 2.87. The first-order valence-electron chi connectivity index (χ1n) is 8.06. The zero-order valence-corrected chi connectivity index (χ0v) is 13.6. The standard InChI is InChI=1S/C21H16FNO2/c1-13-10-11-14(22)12-17(13)23-21(24)20-15-6-2-4-8-18(15)25-19-9-5-3-7-16(19)20/h2-12,20H,1H3,(H,23,24). The van der Waals surface area contributed by atoms with Gasteiger partial charge in [-0.3, -0.25) is 4.79 Å². The van der Waals surface area contributed by atoms with Crippen LogP contribution in [0.5, 0.6) is 11.5 Å². The van der Waals surface area contributed by atoms with E-state index in [9.17, 15) is 9.18 Å². The fourth-order valence-electron chi connectivity index (χ4n) is 3.13. The topological polar surface area (TPSA) is 38.3 Å². The number of anilines is 1. The third-order valence-electron chi connectivity index (χ3n) is 4.40. The van der Waals surface area contributed by atoms with Crippen LogP contribution in [0.1, 0.15) is 22.6 Å². The van der Waals surface area contributed by atoms with Crippen LogP contribution >= 0.6 is 0 Å².